The van der Waals surface area contributed by atoms with Crippen molar-refractivity contribution in [1.82, 2.24) is 4.31 Å². The summed E-state index contributed by atoms with van der Waals surface area (Å²) in [5.41, 5.74) is 1.14. The first-order chi connectivity index (χ1) is 11.5. The minimum absolute atomic E-state index is 0.0705. The number of carbonyl (C=O) groups is 1. The van der Waals surface area contributed by atoms with E-state index < -0.39 is 15.9 Å². The standard InChI is InChI=1S/C17H16N2O4S/c1-2-13-6-5-7-14(12-13)18-17(20)15-8-9-16(23-15)24(21,22)19-10-3-4-11-19/h1,5-9,12H,3-4,10-11H2,(H,18,20). The Morgan fingerprint density at radius 3 is 2.67 bits per heavy atom. The normalized spacial score (nSPS) is 15.1. The number of hydrogen-bond acceptors (Lipinski definition) is 4. The zero-order valence-electron chi connectivity index (χ0n) is 12.9. The molecule has 3 rings (SSSR count). The number of amides is 1. The lowest BCUT2D eigenvalue weighted by molar-refractivity contribution is 0.0991. The van der Waals surface area contributed by atoms with Gasteiger partial charge in [-0.25, -0.2) is 8.42 Å². The van der Waals surface area contributed by atoms with Crippen LogP contribution in [0.4, 0.5) is 5.69 Å². The van der Waals surface area contributed by atoms with Gasteiger partial charge in [-0.1, -0.05) is 12.0 Å². The lowest BCUT2D eigenvalue weighted by Gasteiger charge is -2.12. The van der Waals surface area contributed by atoms with E-state index in [0.29, 0.717) is 24.3 Å². The van der Waals surface area contributed by atoms with Crippen LogP contribution in [0.15, 0.2) is 45.9 Å². The molecule has 2 heterocycles. The molecule has 1 fully saturated rings. The van der Waals surface area contributed by atoms with Crippen LogP contribution >= 0.6 is 0 Å². The number of anilines is 1. The van der Waals surface area contributed by atoms with E-state index in [-0.39, 0.29) is 10.9 Å². The van der Waals surface area contributed by atoms with Gasteiger partial charge in [-0.15, -0.1) is 6.42 Å². The molecule has 0 saturated carbocycles. The second-order valence-electron chi connectivity index (χ2n) is 5.41. The first-order valence-corrected chi connectivity index (χ1v) is 8.93. The fourth-order valence-electron chi connectivity index (χ4n) is 2.52. The molecule has 1 aliphatic heterocycles. The zero-order valence-corrected chi connectivity index (χ0v) is 13.7. The highest BCUT2D eigenvalue weighted by atomic mass is 32.2. The van der Waals surface area contributed by atoms with Gasteiger partial charge in [0.25, 0.3) is 15.9 Å². The van der Waals surface area contributed by atoms with Crippen LogP contribution in [-0.2, 0) is 10.0 Å². The number of furan rings is 1. The van der Waals surface area contributed by atoms with Gasteiger partial charge in [0, 0.05) is 24.3 Å². The third kappa shape index (κ3) is 3.20. The number of nitrogens with zero attached hydrogens (tertiary/aromatic N) is 1. The number of hydrogen-bond donors (Lipinski definition) is 1. The molecule has 2 aromatic rings. The molecule has 1 aliphatic rings. The van der Waals surface area contributed by atoms with Crippen LogP contribution < -0.4 is 5.32 Å². The van der Waals surface area contributed by atoms with E-state index in [1.165, 1.54) is 16.4 Å². The van der Waals surface area contributed by atoms with E-state index >= 15 is 0 Å². The first kappa shape index (κ1) is 16.3. The van der Waals surface area contributed by atoms with E-state index in [2.05, 4.69) is 11.2 Å². The third-order valence-corrected chi connectivity index (χ3v) is 5.52. The van der Waals surface area contributed by atoms with Gasteiger partial charge in [-0.2, -0.15) is 4.31 Å². The molecule has 0 aliphatic carbocycles. The van der Waals surface area contributed by atoms with Crippen LogP contribution in [0.1, 0.15) is 29.0 Å². The number of sulfonamides is 1. The Bertz CT molecular complexity index is 903. The molecular weight excluding hydrogens is 328 g/mol. The quantitative estimate of drug-likeness (QED) is 0.863. The van der Waals surface area contributed by atoms with E-state index in [0.717, 1.165) is 12.8 Å². The van der Waals surface area contributed by atoms with Crippen molar-refractivity contribution in [2.24, 2.45) is 0 Å². The second kappa shape index (κ2) is 6.51. The molecule has 1 aromatic heterocycles. The van der Waals surface area contributed by atoms with E-state index in [1.807, 2.05) is 0 Å². The van der Waals surface area contributed by atoms with Crippen molar-refractivity contribution >= 4 is 21.6 Å². The summed E-state index contributed by atoms with van der Waals surface area (Å²) >= 11 is 0. The van der Waals surface area contributed by atoms with Crippen molar-refractivity contribution in [1.29, 1.82) is 0 Å². The smallest absolute Gasteiger partial charge is 0.291 e. The number of terminal acetylenes is 1. The van der Waals surface area contributed by atoms with Gasteiger partial charge in [0.15, 0.2) is 5.76 Å². The van der Waals surface area contributed by atoms with E-state index in [4.69, 9.17) is 10.8 Å². The van der Waals surface area contributed by atoms with Crippen LogP contribution in [0, 0.1) is 12.3 Å². The van der Waals surface area contributed by atoms with Gasteiger partial charge >= 0.3 is 0 Å². The van der Waals surface area contributed by atoms with Gasteiger partial charge in [0.1, 0.15) is 0 Å². The van der Waals surface area contributed by atoms with Crippen molar-refractivity contribution < 1.29 is 17.6 Å². The SMILES string of the molecule is C#Cc1cccc(NC(=O)c2ccc(S(=O)(=O)N3CCCC3)o2)c1. The summed E-state index contributed by atoms with van der Waals surface area (Å²) < 4.78 is 31.4. The molecule has 0 radical (unpaired) electrons. The fraction of sp³-hybridized carbons (Fsp3) is 0.235. The highest BCUT2D eigenvalue weighted by Crippen LogP contribution is 2.23. The molecule has 0 atom stereocenters. The average molecular weight is 344 g/mol. The molecule has 124 valence electrons. The lowest BCUT2D eigenvalue weighted by Crippen LogP contribution is -2.27. The second-order valence-corrected chi connectivity index (χ2v) is 7.28. The maximum Gasteiger partial charge on any atom is 0.291 e. The highest BCUT2D eigenvalue weighted by molar-refractivity contribution is 7.89. The van der Waals surface area contributed by atoms with E-state index in [1.54, 1.807) is 24.3 Å². The molecule has 0 unspecified atom stereocenters. The zero-order chi connectivity index (χ0) is 17.2. The predicted molar refractivity (Wildman–Crippen MR) is 89.0 cm³/mol. The summed E-state index contributed by atoms with van der Waals surface area (Å²) in [6.07, 6.45) is 6.98. The Morgan fingerprint density at radius 2 is 1.96 bits per heavy atom. The third-order valence-electron chi connectivity index (χ3n) is 3.75. The Morgan fingerprint density at radius 1 is 1.21 bits per heavy atom. The van der Waals surface area contributed by atoms with Crippen LogP contribution in [-0.4, -0.2) is 31.7 Å². The minimum atomic E-state index is -3.67. The van der Waals surface area contributed by atoms with E-state index in [9.17, 15) is 13.2 Å². The molecule has 0 bridgehead atoms. The van der Waals surface area contributed by atoms with Crippen molar-refractivity contribution in [3.05, 3.63) is 47.7 Å². The molecule has 1 aromatic carbocycles. The highest BCUT2D eigenvalue weighted by Gasteiger charge is 2.30. The van der Waals surface area contributed by atoms with Crippen LogP contribution in [0.5, 0.6) is 0 Å². The minimum Gasteiger partial charge on any atom is -0.438 e. The summed E-state index contributed by atoms with van der Waals surface area (Å²) in [7, 11) is -3.67. The van der Waals surface area contributed by atoms with Crippen molar-refractivity contribution in [2.45, 2.75) is 17.9 Å². The van der Waals surface area contributed by atoms with Crippen LogP contribution in [0.2, 0.25) is 0 Å². The first-order valence-electron chi connectivity index (χ1n) is 7.49. The summed E-state index contributed by atoms with van der Waals surface area (Å²) in [5, 5.41) is 2.41. The summed E-state index contributed by atoms with van der Waals surface area (Å²) in [5.74, 6) is 1.87. The Balaban J connectivity index is 1.77. The van der Waals surface area contributed by atoms with Gasteiger partial charge in [-0.3, -0.25) is 4.79 Å². The topological polar surface area (TPSA) is 79.6 Å². The largest absolute Gasteiger partial charge is 0.438 e. The molecule has 1 saturated heterocycles. The fourth-order valence-corrected chi connectivity index (χ4v) is 3.94. The predicted octanol–water partition coefficient (Wildman–Crippen LogP) is 2.30. The van der Waals surface area contributed by atoms with Crippen molar-refractivity contribution in [3.8, 4) is 12.3 Å². The lowest BCUT2D eigenvalue weighted by atomic mass is 10.2. The maximum absolute atomic E-state index is 12.4. The van der Waals surface area contributed by atoms with Crippen molar-refractivity contribution in [3.63, 3.8) is 0 Å². The van der Waals surface area contributed by atoms with Gasteiger partial charge < -0.3 is 9.73 Å². The average Bonchev–Trinajstić information content (AvgIpc) is 3.27. The monoisotopic (exact) mass is 344 g/mol. The number of rotatable bonds is 4. The van der Waals surface area contributed by atoms with Gasteiger partial charge in [0.05, 0.1) is 0 Å². The maximum atomic E-state index is 12.4. The summed E-state index contributed by atoms with van der Waals surface area (Å²) in [6.45, 7) is 0.951. The Kier molecular flexibility index (Phi) is 4.42. The summed E-state index contributed by atoms with van der Waals surface area (Å²) in [6, 6.07) is 9.44. The Labute approximate surface area is 140 Å². The number of benzene rings is 1. The summed E-state index contributed by atoms with van der Waals surface area (Å²) in [4.78, 5) is 12.2. The molecular formula is C17H16N2O4S. The Hall–Kier alpha value is -2.56. The number of nitrogens with one attached hydrogen (secondary N) is 1. The van der Waals surface area contributed by atoms with Gasteiger partial charge in [0.2, 0.25) is 5.09 Å². The van der Waals surface area contributed by atoms with Gasteiger partial charge in [-0.05, 0) is 43.2 Å². The molecule has 24 heavy (non-hydrogen) atoms. The number of carbonyl (C=O) groups excluding carboxylic acids is 1. The molecule has 0 spiro atoms. The van der Waals surface area contributed by atoms with Crippen LogP contribution in [0.3, 0.4) is 0 Å². The molecule has 1 N–H and O–H groups in total. The molecule has 1 amide bonds. The van der Waals surface area contributed by atoms with Crippen LogP contribution in [0.25, 0.3) is 0 Å². The molecule has 6 nitrogen and oxygen atoms in total. The van der Waals surface area contributed by atoms with Crippen molar-refractivity contribution in [2.75, 3.05) is 18.4 Å². The molecule has 7 heteroatoms.